The molecule has 0 aliphatic carbocycles. The molecule has 0 heterocycles. The zero-order chi connectivity index (χ0) is 22.3. The second kappa shape index (κ2) is 11.2. The molecule has 2 aromatic rings. The molecule has 0 fully saturated rings. The topological polar surface area (TPSA) is 58.6 Å². The minimum absolute atomic E-state index is 0.0712. The number of nitrogens with one attached hydrogen (secondary N) is 1. The summed E-state index contributed by atoms with van der Waals surface area (Å²) in [5.41, 5.74) is 0.659. The van der Waals surface area contributed by atoms with Crippen LogP contribution in [-0.2, 0) is 16.1 Å². The molecule has 0 aliphatic rings. The third-order valence-electron chi connectivity index (χ3n) is 4.35. The Morgan fingerprint density at radius 1 is 1.13 bits per heavy atom. The van der Waals surface area contributed by atoms with E-state index in [4.69, 9.17) is 27.9 Å². The lowest BCUT2D eigenvalue weighted by Gasteiger charge is -2.31. The van der Waals surface area contributed by atoms with E-state index in [0.717, 1.165) is 0 Å². The normalized spacial score (nSPS) is 11.8. The van der Waals surface area contributed by atoms with Gasteiger partial charge in [0.1, 0.15) is 17.6 Å². The van der Waals surface area contributed by atoms with Crippen LogP contribution in [0.5, 0.6) is 5.75 Å². The van der Waals surface area contributed by atoms with E-state index in [-0.39, 0.29) is 25.1 Å². The van der Waals surface area contributed by atoms with Crippen LogP contribution in [-0.4, -0.2) is 35.4 Å². The van der Waals surface area contributed by atoms with E-state index in [0.29, 0.717) is 27.8 Å². The van der Waals surface area contributed by atoms with Gasteiger partial charge in [0.15, 0.2) is 6.61 Å². The Balaban J connectivity index is 2.24. The fourth-order valence-electron chi connectivity index (χ4n) is 2.89. The summed E-state index contributed by atoms with van der Waals surface area (Å²) in [6.07, 6.45) is 0.409. The molecule has 1 atom stereocenters. The summed E-state index contributed by atoms with van der Waals surface area (Å²) in [6, 6.07) is 9.57. The smallest absolute Gasteiger partial charge is 0.261 e. The van der Waals surface area contributed by atoms with Crippen LogP contribution in [0.2, 0.25) is 10.0 Å². The number of amides is 2. The molecule has 1 N–H and O–H groups in total. The minimum Gasteiger partial charge on any atom is -0.484 e. The van der Waals surface area contributed by atoms with Gasteiger partial charge >= 0.3 is 0 Å². The van der Waals surface area contributed by atoms with Gasteiger partial charge in [-0.25, -0.2) is 4.39 Å². The van der Waals surface area contributed by atoms with Crippen molar-refractivity contribution < 1.29 is 18.7 Å². The van der Waals surface area contributed by atoms with E-state index in [2.05, 4.69) is 5.32 Å². The molecule has 0 saturated carbocycles. The van der Waals surface area contributed by atoms with Crippen LogP contribution in [0.4, 0.5) is 4.39 Å². The second-order valence-corrected chi connectivity index (χ2v) is 7.93. The summed E-state index contributed by atoms with van der Waals surface area (Å²) in [7, 11) is 0. The number of hydrogen-bond donors (Lipinski definition) is 1. The Hall–Kier alpha value is -2.31. The van der Waals surface area contributed by atoms with Gasteiger partial charge in [-0.05, 0) is 62.2 Å². The molecule has 5 nitrogen and oxygen atoms in total. The first-order valence-electron chi connectivity index (χ1n) is 9.63. The van der Waals surface area contributed by atoms with E-state index in [9.17, 15) is 14.0 Å². The largest absolute Gasteiger partial charge is 0.484 e. The van der Waals surface area contributed by atoms with Crippen LogP contribution in [0.15, 0.2) is 42.5 Å². The van der Waals surface area contributed by atoms with Crippen LogP contribution in [0.1, 0.15) is 32.8 Å². The lowest BCUT2D eigenvalue weighted by Crippen LogP contribution is -2.51. The SMILES string of the molecule is CC[C@@H](C(=O)NC(C)C)N(Cc1ccc(Cl)cc1Cl)C(=O)COc1ccc(F)cc1. The van der Waals surface area contributed by atoms with Crippen LogP contribution < -0.4 is 10.1 Å². The zero-order valence-electron chi connectivity index (χ0n) is 17.1. The number of benzene rings is 2. The molecule has 0 unspecified atom stereocenters. The first-order valence-corrected chi connectivity index (χ1v) is 10.4. The van der Waals surface area contributed by atoms with E-state index in [1.165, 1.54) is 29.2 Å². The van der Waals surface area contributed by atoms with Gasteiger partial charge in [-0.2, -0.15) is 0 Å². The predicted octanol–water partition coefficient (Wildman–Crippen LogP) is 4.84. The summed E-state index contributed by atoms with van der Waals surface area (Å²) in [5, 5.41) is 3.73. The van der Waals surface area contributed by atoms with Gasteiger partial charge in [-0.1, -0.05) is 36.2 Å². The van der Waals surface area contributed by atoms with E-state index in [1.807, 2.05) is 20.8 Å². The molecule has 30 heavy (non-hydrogen) atoms. The minimum atomic E-state index is -0.705. The lowest BCUT2D eigenvalue weighted by molar-refractivity contribution is -0.143. The number of ether oxygens (including phenoxy) is 1. The van der Waals surface area contributed by atoms with Crippen molar-refractivity contribution in [3.05, 3.63) is 63.9 Å². The number of halogens is 3. The molecule has 0 aliphatic heterocycles. The highest BCUT2D eigenvalue weighted by Crippen LogP contribution is 2.24. The predicted molar refractivity (Wildman–Crippen MR) is 116 cm³/mol. The number of rotatable bonds is 9. The van der Waals surface area contributed by atoms with Gasteiger partial charge in [0.25, 0.3) is 5.91 Å². The van der Waals surface area contributed by atoms with Gasteiger partial charge in [0.2, 0.25) is 5.91 Å². The molecule has 0 saturated heterocycles. The molecule has 8 heteroatoms. The van der Waals surface area contributed by atoms with Gasteiger partial charge in [0.05, 0.1) is 0 Å². The van der Waals surface area contributed by atoms with Crippen molar-refractivity contribution >= 4 is 35.0 Å². The Morgan fingerprint density at radius 2 is 1.80 bits per heavy atom. The van der Waals surface area contributed by atoms with Crippen LogP contribution in [0.3, 0.4) is 0 Å². The van der Waals surface area contributed by atoms with Crippen molar-refractivity contribution in [2.24, 2.45) is 0 Å². The lowest BCUT2D eigenvalue weighted by atomic mass is 10.1. The van der Waals surface area contributed by atoms with Crippen molar-refractivity contribution in [3.8, 4) is 5.75 Å². The number of hydrogen-bond acceptors (Lipinski definition) is 3. The van der Waals surface area contributed by atoms with Gasteiger partial charge < -0.3 is 15.0 Å². The van der Waals surface area contributed by atoms with E-state index >= 15 is 0 Å². The molecule has 0 radical (unpaired) electrons. The Kier molecular flexibility index (Phi) is 8.93. The molecule has 0 aromatic heterocycles. The Labute approximate surface area is 186 Å². The second-order valence-electron chi connectivity index (χ2n) is 7.09. The van der Waals surface area contributed by atoms with Crippen LogP contribution >= 0.6 is 23.2 Å². The van der Waals surface area contributed by atoms with E-state index in [1.54, 1.807) is 18.2 Å². The Morgan fingerprint density at radius 3 is 2.37 bits per heavy atom. The third kappa shape index (κ3) is 6.89. The van der Waals surface area contributed by atoms with Crippen molar-refractivity contribution in [2.45, 2.75) is 45.8 Å². The van der Waals surface area contributed by atoms with E-state index < -0.39 is 17.8 Å². The van der Waals surface area contributed by atoms with Crippen molar-refractivity contribution in [2.75, 3.05) is 6.61 Å². The van der Waals surface area contributed by atoms with Crippen molar-refractivity contribution in [1.29, 1.82) is 0 Å². The highest BCUT2D eigenvalue weighted by molar-refractivity contribution is 6.35. The maximum atomic E-state index is 13.1. The monoisotopic (exact) mass is 454 g/mol. The number of carbonyl (C=O) groups is 2. The average molecular weight is 455 g/mol. The summed E-state index contributed by atoms with van der Waals surface area (Å²) in [4.78, 5) is 27.2. The Bertz CT molecular complexity index is 875. The fourth-order valence-corrected chi connectivity index (χ4v) is 3.36. The van der Waals surface area contributed by atoms with Crippen LogP contribution in [0, 0.1) is 5.82 Å². The standard InChI is InChI=1S/C22H25Cl2FN2O3/c1-4-20(22(29)26-14(2)3)27(12-15-5-6-16(23)11-19(15)24)21(28)13-30-18-9-7-17(25)8-10-18/h5-11,14,20H,4,12-13H2,1-3H3,(H,26,29)/t20-/m0/s1. The first kappa shape index (κ1) is 24.0. The molecular formula is C22H25Cl2FN2O3. The first-order chi connectivity index (χ1) is 14.2. The molecule has 2 aromatic carbocycles. The molecule has 2 rings (SSSR count). The van der Waals surface area contributed by atoms with Gasteiger partial charge in [-0.15, -0.1) is 0 Å². The fraction of sp³-hybridized carbons (Fsp3) is 0.364. The summed E-state index contributed by atoms with van der Waals surface area (Å²) < 4.78 is 18.6. The average Bonchev–Trinajstić information content (AvgIpc) is 2.68. The quantitative estimate of drug-likeness (QED) is 0.589. The maximum Gasteiger partial charge on any atom is 0.261 e. The number of carbonyl (C=O) groups excluding carboxylic acids is 2. The molecule has 0 bridgehead atoms. The highest BCUT2D eigenvalue weighted by atomic mass is 35.5. The zero-order valence-corrected chi connectivity index (χ0v) is 18.6. The van der Waals surface area contributed by atoms with Crippen LogP contribution in [0.25, 0.3) is 0 Å². The summed E-state index contributed by atoms with van der Waals surface area (Å²) in [5.74, 6) is -0.693. The highest BCUT2D eigenvalue weighted by Gasteiger charge is 2.29. The van der Waals surface area contributed by atoms with Crippen molar-refractivity contribution in [1.82, 2.24) is 10.2 Å². The molecule has 0 spiro atoms. The van der Waals surface area contributed by atoms with Gasteiger partial charge in [0, 0.05) is 22.6 Å². The molecule has 162 valence electrons. The molecule has 2 amide bonds. The molecular weight excluding hydrogens is 430 g/mol. The number of nitrogens with zero attached hydrogens (tertiary/aromatic N) is 1. The maximum absolute atomic E-state index is 13.1. The summed E-state index contributed by atoms with van der Waals surface area (Å²) in [6.45, 7) is 5.35. The summed E-state index contributed by atoms with van der Waals surface area (Å²) >= 11 is 12.3. The van der Waals surface area contributed by atoms with Crippen molar-refractivity contribution in [3.63, 3.8) is 0 Å². The van der Waals surface area contributed by atoms with Gasteiger partial charge in [-0.3, -0.25) is 9.59 Å². The third-order valence-corrected chi connectivity index (χ3v) is 4.94.